The number of aromatic amines is 1. The van der Waals surface area contributed by atoms with Gasteiger partial charge >= 0.3 is 0 Å². The summed E-state index contributed by atoms with van der Waals surface area (Å²) in [6, 6.07) is 7.77. The average Bonchev–Trinajstić information content (AvgIpc) is 2.89. The highest BCUT2D eigenvalue weighted by molar-refractivity contribution is 7.99. The Kier molecular flexibility index (Phi) is 3.29. The van der Waals surface area contributed by atoms with Crippen LogP contribution in [0.1, 0.15) is 0 Å². The van der Waals surface area contributed by atoms with Crippen LogP contribution in [0.4, 0.5) is 0 Å². The molecule has 3 heterocycles. The van der Waals surface area contributed by atoms with Crippen LogP contribution >= 0.6 is 11.8 Å². The molecule has 0 fully saturated rings. The van der Waals surface area contributed by atoms with E-state index in [1.54, 1.807) is 24.2 Å². The number of hydrogen-bond donors (Lipinski definition) is 1. The van der Waals surface area contributed by atoms with E-state index in [0.29, 0.717) is 0 Å². The third-order valence-electron chi connectivity index (χ3n) is 2.62. The monoisotopic (exact) mass is 268 g/mol. The molecule has 0 radical (unpaired) electrons. The van der Waals surface area contributed by atoms with Gasteiger partial charge in [-0.05, 0) is 24.3 Å². The molecule has 19 heavy (non-hydrogen) atoms. The number of pyridine rings is 2. The van der Waals surface area contributed by atoms with E-state index in [-0.39, 0.29) is 0 Å². The van der Waals surface area contributed by atoms with Gasteiger partial charge in [0, 0.05) is 23.7 Å². The Balaban J connectivity index is 2.07. The summed E-state index contributed by atoms with van der Waals surface area (Å²) in [7, 11) is 0. The molecule has 0 saturated carbocycles. The molecule has 0 unspecified atom stereocenters. The summed E-state index contributed by atoms with van der Waals surface area (Å²) in [4.78, 5) is 16.4. The fourth-order valence-electron chi connectivity index (χ4n) is 1.80. The van der Waals surface area contributed by atoms with E-state index in [0.717, 1.165) is 33.3 Å². The first kappa shape index (κ1) is 11.9. The third kappa shape index (κ3) is 2.37. The smallest absolute Gasteiger partial charge is 0.178 e. The van der Waals surface area contributed by atoms with Crippen molar-refractivity contribution in [2.45, 2.75) is 5.03 Å². The maximum absolute atomic E-state index is 4.51. The van der Waals surface area contributed by atoms with Gasteiger partial charge in [0.05, 0.1) is 5.52 Å². The zero-order chi connectivity index (χ0) is 13.1. The van der Waals surface area contributed by atoms with E-state index in [9.17, 15) is 0 Å². The first-order valence-corrected chi connectivity index (χ1v) is 6.87. The SMILES string of the molecule is C=CCSc1ncccc1-c1nc2ncccc2[nH]1. The zero-order valence-electron chi connectivity index (χ0n) is 10.2. The third-order valence-corrected chi connectivity index (χ3v) is 3.62. The van der Waals surface area contributed by atoms with Crippen LogP contribution in [0.2, 0.25) is 0 Å². The Hall–Kier alpha value is -2.14. The highest BCUT2D eigenvalue weighted by atomic mass is 32.2. The summed E-state index contributed by atoms with van der Waals surface area (Å²) < 4.78 is 0. The Morgan fingerprint density at radius 3 is 2.89 bits per heavy atom. The van der Waals surface area contributed by atoms with Gasteiger partial charge in [0.2, 0.25) is 0 Å². The lowest BCUT2D eigenvalue weighted by molar-refractivity contribution is 1.12. The fourth-order valence-corrected chi connectivity index (χ4v) is 2.53. The zero-order valence-corrected chi connectivity index (χ0v) is 11.0. The Morgan fingerprint density at radius 1 is 1.21 bits per heavy atom. The molecule has 0 amide bonds. The predicted octanol–water partition coefficient (Wildman–Crippen LogP) is 3.30. The molecule has 0 aliphatic carbocycles. The molecule has 0 aliphatic rings. The molecule has 3 aromatic rings. The normalized spacial score (nSPS) is 10.7. The topological polar surface area (TPSA) is 54.5 Å². The molecule has 0 aliphatic heterocycles. The largest absolute Gasteiger partial charge is 0.336 e. The fraction of sp³-hybridized carbons (Fsp3) is 0.0714. The van der Waals surface area contributed by atoms with Crippen LogP contribution in [0.25, 0.3) is 22.6 Å². The van der Waals surface area contributed by atoms with Crippen molar-refractivity contribution in [1.29, 1.82) is 0 Å². The van der Waals surface area contributed by atoms with Crippen LogP contribution in [-0.2, 0) is 0 Å². The minimum absolute atomic E-state index is 0.723. The molecule has 3 aromatic heterocycles. The molecular weight excluding hydrogens is 256 g/mol. The molecule has 0 bridgehead atoms. The molecule has 0 spiro atoms. The standard InChI is InChI=1S/C14H12N4S/c1-2-9-19-14-10(5-3-8-16-14)12-17-11-6-4-7-15-13(11)18-12/h2-8H,1,9H2,(H,15,17,18). The van der Waals surface area contributed by atoms with Gasteiger partial charge in [-0.1, -0.05) is 6.08 Å². The van der Waals surface area contributed by atoms with E-state index in [1.807, 2.05) is 30.3 Å². The number of imidazole rings is 1. The number of hydrogen-bond acceptors (Lipinski definition) is 4. The highest BCUT2D eigenvalue weighted by Crippen LogP contribution is 2.28. The number of aromatic nitrogens is 4. The number of nitrogens with zero attached hydrogens (tertiary/aromatic N) is 3. The van der Waals surface area contributed by atoms with Crippen LogP contribution in [0.5, 0.6) is 0 Å². The van der Waals surface area contributed by atoms with Crippen molar-refractivity contribution in [2.75, 3.05) is 5.75 Å². The first-order valence-electron chi connectivity index (χ1n) is 5.88. The highest BCUT2D eigenvalue weighted by Gasteiger charge is 2.10. The van der Waals surface area contributed by atoms with Crippen molar-refractivity contribution in [3.05, 3.63) is 49.3 Å². The molecule has 1 N–H and O–H groups in total. The molecule has 4 nitrogen and oxygen atoms in total. The second kappa shape index (κ2) is 5.24. The number of thioether (sulfide) groups is 1. The van der Waals surface area contributed by atoms with Gasteiger partial charge in [-0.3, -0.25) is 0 Å². The molecule has 3 rings (SSSR count). The number of nitrogens with one attached hydrogen (secondary N) is 1. The van der Waals surface area contributed by atoms with Crippen molar-refractivity contribution in [1.82, 2.24) is 19.9 Å². The van der Waals surface area contributed by atoms with Gasteiger partial charge in [-0.25, -0.2) is 15.0 Å². The lowest BCUT2D eigenvalue weighted by Gasteiger charge is -2.03. The maximum Gasteiger partial charge on any atom is 0.178 e. The Labute approximate surface area is 115 Å². The molecule has 94 valence electrons. The Morgan fingerprint density at radius 2 is 2.05 bits per heavy atom. The summed E-state index contributed by atoms with van der Waals surface area (Å²) in [6.45, 7) is 3.73. The van der Waals surface area contributed by atoms with Crippen LogP contribution in [0.15, 0.2) is 54.3 Å². The summed E-state index contributed by atoms with van der Waals surface area (Å²) >= 11 is 1.64. The molecule has 0 atom stereocenters. The lowest BCUT2D eigenvalue weighted by Crippen LogP contribution is -1.88. The van der Waals surface area contributed by atoms with Crippen molar-refractivity contribution in [2.24, 2.45) is 0 Å². The van der Waals surface area contributed by atoms with E-state index in [4.69, 9.17) is 0 Å². The van der Waals surface area contributed by atoms with Crippen molar-refractivity contribution in [3.8, 4) is 11.4 Å². The predicted molar refractivity (Wildman–Crippen MR) is 78.0 cm³/mol. The van der Waals surface area contributed by atoms with E-state index in [1.165, 1.54) is 0 Å². The lowest BCUT2D eigenvalue weighted by atomic mass is 10.3. The molecule has 0 saturated heterocycles. The minimum atomic E-state index is 0.723. The summed E-state index contributed by atoms with van der Waals surface area (Å²) in [6.07, 6.45) is 5.39. The summed E-state index contributed by atoms with van der Waals surface area (Å²) in [5.74, 6) is 1.62. The van der Waals surface area contributed by atoms with Gasteiger partial charge < -0.3 is 4.98 Å². The average molecular weight is 268 g/mol. The van der Waals surface area contributed by atoms with Crippen LogP contribution in [0.3, 0.4) is 0 Å². The summed E-state index contributed by atoms with van der Waals surface area (Å²) in [5, 5.41) is 0.946. The Bertz CT molecular complexity index is 687. The van der Waals surface area contributed by atoms with E-state index < -0.39 is 0 Å². The van der Waals surface area contributed by atoms with Crippen LogP contribution < -0.4 is 0 Å². The number of rotatable bonds is 4. The molecule has 0 aromatic carbocycles. The van der Waals surface area contributed by atoms with Gasteiger partial charge in [0.1, 0.15) is 10.9 Å². The maximum atomic E-state index is 4.51. The summed E-state index contributed by atoms with van der Waals surface area (Å²) in [5.41, 5.74) is 2.65. The van der Waals surface area contributed by atoms with Gasteiger partial charge in [0.25, 0.3) is 0 Å². The number of H-pyrrole nitrogens is 1. The quantitative estimate of drug-likeness (QED) is 0.582. The van der Waals surface area contributed by atoms with Crippen molar-refractivity contribution >= 4 is 22.9 Å². The second-order valence-corrected chi connectivity index (χ2v) is 4.92. The van der Waals surface area contributed by atoms with Gasteiger partial charge in [-0.2, -0.15) is 0 Å². The van der Waals surface area contributed by atoms with E-state index >= 15 is 0 Å². The molecular formula is C14H12N4S. The number of fused-ring (bicyclic) bond motifs is 1. The van der Waals surface area contributed by atoms with Gasteiger partial charge in [-0.15, -0.1) is 18.3 Å². The van der Waals surface area contributed by atoms with Crippen molar-refractivity contribution in [3.63, 3.8) is 0 Å². The molecule has 5 heteroatoms. The second-order valence-electron chi connectivity index (χ2n) is 3.92. The first-order chi connectivity index (χ1) is 9.38. The minimum Gasteiger partial charge on any atom is -0.336 e. The van der Waals surface area contributed by atoms with Crippen LogP contribution in [-0.4, -0.2) is 25.7 Å². The van der Waals surface area contributed by atoms with E-state index in [2.05, 4.69) is 26.5 Å². The van der Waals surface area contributed by atoms with Gasteiger partial charge in [0.15, 0.2) is 5.65 Å². The van der Waals surface area contributed by atoms with Crippen molar-refractivity contribution < 1.29 is 0 Å². The van der Waals surface area contributed by atoms with Crippen LogP contribution in [0, 0.1) is 0 Å².